The van der Waals surface area contributed by atoms with E-state index in [1.807, 2.05) is 49.4 Å². The summed E-state index contributed by atoms with van der Waals surface area (Å²) >= 11 is 0. The molecule has 1 heterocycles. The van der Waals surface area contributed by atoms with Gasteiger partial charge in [-0.3, -0.25) is 4.79 Å². The minimum absolute atomic E-state index is 0.0948. The maximum atomic E-state index is 13.8. The molecule has 28 heavy (non-hydrogen) atoms. The van der Waals surface area contributed by atoms with Crippen molar-refractivity contribution in [3.63, 3.8) is 0 Å². The van der Waals surface area contributed by atoms with Crippen molar-refractivity contribution in [2.24, 2.45) is 0 Å². The van der Waals surface area contributed by atoms with Crippen LogP contribution in [0.2, 0.25) is 0 Å². The van der Waals surface area contributed by atoms with E-state index in [4.69, 9.17) is 9.15 Å². The Morgan fingerprint density at radius 3 is 2.75 bits per heavy atom. The van der Waals surface area contributed by atoms with Gasteiger partial charge in [-0.05, 0) is 48.2 Å². The Bertz CT molecular complexity index is 1140. The minimum atomic E-state index is -0.513. The molecule has 140 valence electrons. The SMILES string of the molecule is Cc1ccc(F)c(NC(=O)c2ccc(COc3cccc4ccccc34)o2)c1. The molecule has 4 aromatic rings. The highest BCUT2D eigenvalue weighted by Gasteiger charge is 2.14. The monoisotopic (exact) mass is 375 g/mol. The summed E-state index contributed by atoms with van der Waals surface area (Å²) in [4.78, 5) is 12.3. The van der Waals surface area contributed by atoms with Crippen molar-refractivity contribution in [2.75, 3.05) is 5.32 Å². The molecule has 0 saturated carbocycles. The van der Waals surface area contributed by atoms with Crippen LogP contribution in [0.3, 0.4) is 0 Å². The molecule has 3 aromatic carbocycles. The summed E-state index contributed by atoms with van der Waals surface area (Å²) in [5.41, 5.74) is 0.968. The summed E-state index contributed by atoms with van der Waals surface area (Å²) in [5.74, 6) is 0.327. The van der Waals surface area contributed by atoms with Crippen molar-refractivity contribution in [2.45, 2.75) is 13.5 Å². The number of furan rings is 1. The topological polar surface area (TPSA) is 51.5 Å². The van der Waals surface area contributed by atoms with Gasteiger partial charge in [0, 0.05) is 5.39 Å². The highest BCUT2D eigenvalue weighted by atomic mass is 19.1. The molecule has 0 bridgehead atoms. The van der Waals surface area contributed by atoms with Crippen molar-refractivity contribution >= 4 is 22.4 Å². The highest BCUT2D eigenvalue weighted by molar-refractivity contribution is 6.02. The number of hydrogen-bond acceptors (Lipinski definition) is 3. The first kappa shape index (κ1) is 17.8. The number of benzene rings is 3. The van der Waals surface area contributed by atoms with E-state index in [2.05, 4.69) is 5.32 Å². The maximum absolute atomic E-state index is 13.8. The van der Waals surface area contributed by atoms with Crippen LogP contribution in [-0.4, -0.2) is 5.91 Å². The van der Waals surface area contributed by atoms with Crippen molar-refractivity contribution in [1.82, 2.24) is 0 Å². The van der Waals surface area contributed by atoms with Gasteiger partial charge in [-0.1, -0.05) is 42.5 Å². The normalized spacial score (nSPS) is 10.8. The summed E-state index contributed by atoms with van der Waals surface area (Å²) in [7, 11) is 0. The zero-order chi connectivity index (χ0) is 19.5. The third kappa shape index (κ3) is 3.74. The van der Waals surface area contributed by atoms with Gasteiger partial charge in [0.05, 0.1) is 5.69 Å². The Morgan fingerprint density at radius 2 is 1.86 bits per heavy atom. The molecular formula is C23H18FNO3. The van der Waals surface area contributed by atoms with E-state index in [1.165, 1.54) is 6.07 Å². The van der Waals surface area contributed by atoms with Crippen molar-refractivity contribution < 1.29 is 18.3 Å². The molecule has 0 aliphatic carbocycles. The Labute approximate surface area is 161 Å². The number of carbonyl (C=O) groups excluding carboxylic acids is 1. The molecule has 0 atom stereocenters. The molecule has 1 aromatic heterocycles. The third-order valence-corrected chi connectivity index (χ3v) is 4.38. The van der Waals surface area contributed by atoms with Gasteiger partial charge in [-0.15, -0.1) is 0 Å². The number of rotatable bonds is 5. The number of fused-ring (bicyclic) bond motifs is 1. The van der Waals surface area contributed by atoms with Gasteiger partial charge in [0.15, 0.2) is 5.76 Å². The summed E-state index contributed by atoms with van der Waals surface area (Å²) in [5, 5.41) is 4.62. The molecule has 5 heteroatoms. The van der Waals surface area contributed by atoms with Crippen LogP contribution < -0.4 is 10.1 Å². The van der Waals surface area contributed by atoms with Gasteiger partial charge in [0.1, 0.15) is 23.9 Å². The lowest BCUT2D eigenvalue weighted by molar-refractivity contribution is 0.0992. The average molecular weight is 375 g/mol. The fourth-order valence-corrected chi connectivity index (χ4v) is 2.97. The number of nitrogens with one attached hydrogen (secondary N) is 1. The summed E-state index contributed by atoms with van der Waals surface area (Å²) in [6.07, 6.45) is 0. The maximum Gasteiger partial charge on any atom is 0.291 e. The van der Waals surface area contributed by atoms with Crippen LogP contribution in [0.5, 0.6) is 5.75 Å². The van der Waals surface area contributed by atoms with Crippen molar-refractivity contribution in [3.8, 4) is 5.75 Å². The molecule has 0 spiro atoms. The van der Waals surface area contributed by atoms with Gasteiger partial charge in [0.2, 0.25) is 0 Å². The molecule has 0 saturated heterocycles. The van der Waals surface area contributed by atoms with E-state index in [0.717, 1.165) is 22.1 Å². The van der Waals surface area contributed by atoms with Crippen LogP contribution in [0, 0.1) is 12.7 Å². The third-order valence-electron chi connectivity index (χ3n) is 4.38. The molecule has 0 aliphatic heterocycles. The van der Waals surface area contributed by atoms with Crippen LogP contribution in [0.4, 0.5) is 10.1 Å². The van der Waals surface area contributed by atoms with Gasteiger partial charge in [0.25, 0.3) is 5.91 Å². The zero-order valence-corrected chi connectivity index (χ0v) is 15.2. The van der Waals surface area contributed by atoms with Crippen molar-refractivity contribution in [3.05, 3.63) is 95.7 Å². The lowest BCUT2D eigenvalue weighted by Crippen LogP contribution is -2.12. The number of amides is 1. The second-order valence-corrected chi connectivity index (χ2v) is 6.47. The van der Waals surface area contributed by atoms with E-state index in [9.17, 15) is 9.18 Å². The van der Waals surface area contributed by atoms with Crippen LogP contribution in [0.25, 0.3) is 10.8 Å². The summed E-state index contributed by atoms with van der Waals surface area (Å²) < 4.78 is 25.2. The van der Waals surface area contributed by atoms with Crippen LogP contribution >= 0.6 is 0 Å². The number of hydrogen-bond donors (Lipinski definition) is 1. The van der Waals surface area contributed by atoms with E-state index < -0.39 is 11.7 Å². The first-order valence-corrected chi connectivity index (χ1v) is 8.87. The Kier molecular flexibility index (Phi) is 4.81. The number of anilines is 1. The first-order chi connectivity index (χ1) is 13.6. The van der Waals surface area contributed by atoms with Gasteiger partial charge < -0.3 is 14.5 Å². The molecule has 1 N–H and O–H groups in total. The molecule has 4 nitrogen and oxygen atoms in total. The van der Waals surface area contributed by atoms with Gasteiger partial charge in [-0.25, -0.2) is 4.39 Å². The second kappa shape index (κ2) is 7.56. The quantitative estimate of drug-likeness (QED) is 0.486. The van der Waals surface area contributed by atoms with E-state index in [1.54, 1.807) is 24.3 Å². The minimum Gasteiger partial charge on any atom is -0.485 e. The van der Waals surface area contributed by atoms with E-state index in [0.29, 0.717) is 5.76 Å². The fourth-order valence-electron chi connectivity index (χ4n) is 2.97. The number of aryl methyl sites for hydroxylation is 1. The predicted octanol–water partition coefficient (Wildman–Crippen LogP) is 5.71. The molecule has 0 fully saturated rings. The number of ether oxygens (including phenoxy) is 1. The predicted molar refractivity (Wildman–Crippen MR) is 106 cm³/mol. The number of halogens is 1. The Morgan fingerprint density at radius 1 is 1.04 bits per heavy atom. The van der Waals surface area contributed by atoms with E-state index >= 15 is 0 Å². The molecule has 0 aliphatic rings. The molecule has 1 amide bonds. The second-order valence-electron chi connectivity index (χ2n) is 6.47. The van der Waals surface area contributed by atoms with Crippen LogP contribution in [-0.2, 0) is 6.61 Å². The molecule has 4 rings (SSSR count). The standard InChI is InChI=1S/C23H18FNO3/c1-15-9-11-19(24)20(13-15)25-23(26)22-12-10-17(28-22)14-27-21-8-4-6-16-5-2-3-7-18(16)21/h2-13H,14H2,1H3,(H,25,26). The number of carbonyl (C=O) groups is 1. The fraction of sp³-hybridized carbons (Fsp3) is 0.0870. The lowest BCUT2D eigenvalue weighted by atomic mass is 10.1. The Hall–Kier alpha value is -3.60. The van der Waals surface area contributed by atoms with Crippen molar-refractivity contribution in [1.29, 1.82) is 0 Å². The molecular weight excluding hydrogens is 357 g/mol. The smallest absolute Gasteiger partial charge is 0.291 e. The first-order valence-electron chi connectivity index (χ1n) is 8.87. The zero-order valence-electron chi connectivity index (χ0n) is 15.2. The summed E-state index contributed by atoms with van der Waals surface area (Å²) in [6.45, 7) is 2.00. The molecule has 0 radical (unpaired) electrons. The highest BCUT2D eigenvalue weighted by Crippen LogP contribution is 2.26. The largest absolute Gasteiger partial charge is 0.485 e. The summed E-state index contributed by atoms with van der Waals surface area (Å²) in [6, 6.07) is 21.5. The lowest BCUT2D eigenvalue weighted by Gasteiger charge is -2.08. The van der Waals surface area contributed by atoms with Crippen LogP contribution in [0.1, 0.15) is 21.9 Å². The Balaban J connectivity index is 1.45. The van der Waals surface area contributed by atoms with Gasteiger partial charge >= 0.3 is 0 Å². The van der Waals surface area contributed by atoms with Gasteiger partial charge in [-0.2, -0.15) is 0 Å². The van der Waals surface area contributed by atoms with E-state index in [-0.39, 0.29) is 18.1 Å². The molecule has 0 unspecified atom stereocenters. The average Bonchev–Trinajstić information content (AvgIpc) is 3.18. The van der Waals surface area contributed by atoms with Crippen LogP contribution in [0.15, 0.2) is 77.2 Å².